The Bertz CT molecular complexity index is 924. The molecule has 3 rings (SSSR count). The maximum Gasteiger partial charge on any atom is 0.269 e. The molecule has 0 bridgehead atoms. The minimum absolute atomic E-state index is 0.131. The second kappa shape index (κ2) is 8.37. The molecule has 0 saturated heterocycles. The van der Waals surface area contributed by atoms with Crippen LogP contribution in [0.25, 0.3) is 0 Å². The lowest BCUT2D eigenvalue weighted by molar-refractivity contribution is 0.0955. The van der Waals surface area contributed by atoms with Crippen molar-refractivity contribution >= 4 is 11.7 Å². The number of hydrogen-bond acceptors (Lipinski definition) is 5. The van der Waals surface area contributed by atoms with Crippen LogP contribution in [-0.2, 0) is 11.2 Å². The smallest absolute Gasteiger partial charge is 0.269 e. The zero-order chi connectivity index (χ0) is 19.2. The summed E-state index contributed by atoms with van der Waals surface area (Å²) < 4.78 is 5.61. The summed E-state index contributed by atoms with van der Waals surface area (Å²) in [4.78, 5) is 29.3. The second-order valence-electron chi connectivity index (χ2n) is 5.98. The van der Waals surface area contributed by atoms with Crippen molar-refractivity contribution in [1.29, 1.82) is 0 Å². The Morgan fingerprint density at radius 3 is 2.63 bits per heavy atom. The van der Waals surface area contributed by atoms with E-state index in [2.05, 4.69) is 20.5 Å². The van der Waals surface area contributed by atoms with Crippen molar-refractivity contribution in [3.8, 4) is 0 Å². The number of pyridine rings is 1. The van der Waals surface area contributed by atoms with Crippen LogP contribution in [0.15, 0.2) is 54.9 Å². The zero-order valence-electron chi connectivity index (χ0n) is 15.1. The summed E-state index contributed by atoms with van der Waals surface area (Å²) in [6.45, 7) is 0. The quantitative estimate of drug-likeness (QED) is 0.627. The third-order valence-corrected chi connectivity index (χ3v) is 4.15. The minimum Gasteiger partial charge on any atom is -0.370 e. The van der Waals surface area contributed by atoms with Gasteiger partial charge < -0.3 is 10.1 Å². The number of hydrogen-bond donors (Lipinski definition) is 2. The number of nitrogens with one attached hydrogen (secondary N) is 2. The highest BCUT2D eigenvalue weighted by atomic mass is 16.5. The third-order valence-electron chi connectivity index (χ3n) is 4.15. The molecule has 0 radical (unpaired) electrons. The highest BCUT2D eigenvalue weighted by Gasteiger charge is 2.20. The van der Waals surface area contributed by atoms with Gasteiger partial charge in [-0.25, -0.2) is 4.98 Å². The topological polar surface area (TPSA) is 97.0 Å². The number of amides is 1. The van der Waals surface area contributed by atoms with Crippen LogP contribution in [0.4, 0.5) is 0 Å². The maximum atomic E-state index is 12.7. The molecule has 1 aromatic carbocycles. The van der Waals surface area contributed by atoms with Gasteiger partial charge in [-0.15, -0.1) is 0 Å². The molecule has 2 heterocycles. The van der Waals surface area contributed by atoms with E-state index in [9.17, 15) is 9.59 Å². The number of benzene rings is 1. The number of carbonyl (C=O) groups is 2. The average molecular weight is 364 g/mol. The number of methoxy groups -OCH3 is 1. The Morgan fingerprint density at radius 1 is 1.22 bits per heavy atom. The molecule has 0 spiro atoms. The van der Waals surface area contributed by atoms with Crippen molar-refractivity contribution in [1.82, 2.24) is 20.5 Å². The largest absolute Gasteiger partial charge is 0.370 e. The molecule has 2 N–H and O–H groups in total. The molecule has 3 aromatic rings. The summed E-state index contributed by atoms with van der Waals surface area (Å²) in [5, 5.41) is 9.09. The van der Waals surface area contributed by atoms with Gasteiger partial charge in [-0.05, 0) is 23.3 Å². The average Bonchev–Trinajstić information content (AvgIpc) is 3.21. The summed E-state index contributed by atoms with van der Waals surface area (Å²) in [5.74, 6) is -0.495. The zero-order valence-corrected chi connectivity index (χ0v) is 15.1. The number of ether oxygens (including phenoxy) is 1. The van der Waals surface area contributed by atoms with E-state index in [0.717, 1.165) is 11.1 Å². The van der Waals surface area contributed by atoms with E-state index < -0.39 is 6.10 Å². The number of Topliss-reactive ketones (excluding diaryl/α,β-unsaturated/α-hetero) is 1. The molecule has 1 atom stereocenters. The van der Waals surface area contributed by atoms with E-state index in [1.54, 1.807) is 25.6 Å². The molecule has 0 fully saturated rings. The summed E-state index contributed by atoms with van der Waals surface area (Å²) in [7, 11) is 3.09. The number of rotatable bonds is 7. The molecular formula is C20H20N4O3. The lowest BCUT2D eigenvalue weighted by Crippen LogP contribution is -2.21. The third kappa shape index (κ3) is 4.27. The maximum absolute atomic E-state index is 12.7. The summed E-state index contributed by atoms with van der Waals surface area (Å²) in [6.07, 6.45) is 2.95. The summed E-state index contributed by atoms with van der Waals surface area (Å²) in [5.41, 5.74) is 2.72. The number of aromatic amines is 1. The van der Waals surface area contributed by atoms with Gasteiger partial charge in [0, 0.05) is 32.3 Å². The van der Waals surface area contributed by atoms with Crippen molar-refractivity contribution < 1.29 is 14.3 Å². The first-order chi connectivity index (χ1) is 13.1. The highest BCUT2D eigenvalue weighted by molar-refractivity contribution is 6.00. The normalized spacial score (nSPS) is 11.8. The molecular weight excluding hydrogens is 344 g/mol. The van der Waals surface area contributed by atoms with Gasteiger partial charge in [0.15, 0.2) is 5.78 Å². The summed E-state index contributed by atoms with van der Waals surface area (Å²) >= 11 is 0. The van der Waals surface area contributed by atoms with E-state index in [-0.39, 0.29) is 23.8 Å². The first-order valence-corrected chi connectivity index (χ1v) is 8.45. The molecule has 138 valence electrons. The molecule has 0 saturated carbocycles. The lowest BCUT2D eigenvalue weighted by Gasteiger charge is -2.17. The molecule has 0 aliphatic rings. The number of aromatic nitrogens is 3. The van der Waals surface area contributed by atoms with Crippen LogP contribution in [0.2, 0.25) is 0 Å². The SMILES string of the molecule is CNC(=O)c1cc(C(=O)Cc2cn[nH]c2)cc([C@@H](OC)c2ccccc2)n1. The molecule has 0 unspecified atom stereocenters. The number of ketones is 1. The Kier molecular flexibility index (Phi) is 5.73. The number of H-pyrrole nitrogens is 1. The molecule has 2 aromatic heterocycles. The number of nitrogens with zero attached hydrogens (tertiary/aromatic N) is 2. The van der Waals surface area contributed by atoms with Crippen LogP contribution in [0.3, 0.4) is 0 Å². The predicted molar refractivity (Wildman–Crippen MR) is 99.5 cm³/mol. The molecule has 0 aliphatic carbocycles. The van der Waals surface area contributed by atoms with Crippen LogP contribution in [0, 0.1) is 0 Å². The summed E-state index contributed by atoms with van der Waals surface area (Å²) in [6, 6.07) is 12.7. The van der Waals surface area contributed by atoms with Gasteiger partial charge in [0.05, 0.1) is 11.9 Å². The van der Waals surface area contributed by atoms with Crippen LogP contribution in [0.5, 0.6) is 0 Å². The lowest BCUT2D eigenvalue weighted by atomic mass is 10.00. The van der Waals surface area contributed by atoms with Gasteiger partial charge in [0.1, 0.15) is 11.8 Å². The Morgan fingerprint density at radius 2 is 2.00 bits per heavy atom. The van der Waals surface area contributed by atoms with E-state index in [1.165, 1.54) is 13.1 Å². The van der Waals surface area contributed by atoms with Crippen LogP contribution in [-0.4, -0.2) is 41.0 Å². The van der Waals surface area contributed by atoms with Gasteiger partial charge in [-0.2, -0.15) is 5.10 Å². The highest BCUT2D eigenvalue weighted by Crippen LogP contribution is 2.25. The van der Waals surface area contributed by atoms with Crippen molar-refractivity contribution in [2.45, 2.75) is 12.5 Å². The van der Waals surface area contributed by atoms with Crippen LogP contribution in [0.1, 0.15) is 43.8 Å². The molecule has 1 amide bonds. The molecule has 7 nitrogen and oxygen atoms in total. The van der Waals surface area contributed by atoms with E-state index in [4.69, 9.17) is 4.74 Å². The fourth-order valence-electron chi connectivity index (χ4n) is 2.81. The van der Waals surface area contributed by atoms with Gasteiger partial charge in [0.2, 0.25) is 0 Å². The van der Waals surface area contributed by atoms with E-state index in [1.807, 2.05) is 30.3 Å². The van der Waals surface area contributed by atoms with E-state index >= 15 is 0 Å². The first-order valence-electron chi connectivity index (χ1n) is 8.45. The second-order valence-corrected chi connectivity index (χ2v) is 5.98. The Labute approximate surface area is 156 Å². The Hall–Kier alpha value is -3.32. The number of carbonyl (C=O) groups excluding carboxylic acids is 2. The van der Waals surface area contributed by atoms with Gasteiger partial charge in [0.25, 0.3) is 5.91 Å². The standard InChI is InChI=1S/C20H20N4O3/c1-21-20(26)17-10-15(18(25)8-13-11-22-23-12-13)9-16(24-17)19(27-2)14-6-4-3-5-7-14/h3-7,9-12,19H,8H2,1-2H3,(H,21,26)(H,22,23)/t19-/m0/s1. The minimum atomic E-state index is -0.490. The van der Waals surface area contributed by atoms with E-state index in [0.29, 0.717) is 11.3 Å². The molecule has 27 heavy (non-hydrogen) atoms. The molecule has 7 heteroatoms. The van der Waals surface area contributed by atoms with Crippen molar-refractivity contribution in [2.24, 2.45) is 0 Å². The van der Waals surface area contributed by atoms with Crippen molar-refractivity contribution in [3.05, 3.63) is 82.9 Å². The first kappa shape index (κ1) is 18.5. The van der Waals surface area contributed by atoms with Crippen LogP contribution < -0.4 is 5.32 Å². The van der Waals surface area contributed by atoms with Gasteiger partial charge in [-0.1, -0.05) is 30.3 Å². The van der Waals surface area contributed by atoms with Crippen molar-refractivity contribution in [3.63, 3.8) is 0 Å². The fraction of sp³-hybridized carbons (Fsp3) is 0.200. The van der Waals surface area contributed by atoms with Crippen molar-refractivity contribution in [2.75, 3.05) is 14.2 Å². The van der Waals surface area contributed by atoms with Gasteiger partial charge >= 0.3 is 0 Å². The predicted octanol–water partition coefficient (Wildman–Crippen LogP) is 2.33. The van der Waals surface area contributed by atoms with Crippen LogP contribution >= 0.6 is 0 Å². The van der Waals surface area contributed by atoms with Gasteiger partial charge in [-0.3, -0.25) is 14.7 Å². The molecule has 0 aliphatic heterocycles. The Balaban J connectivity index is 2.02. The monoisotopic (exact) mass is 364 g/mol. The fourth-order valence-corrected chi connectivity index (χ4v) is 2.81.